The van der Waals surface area contributed by atoms with Crippen molar-refractivity contribution in [3.8, 4) is 23.0 Å². The Hall–Kier alpha value is -4.39. The molecule has 2 aromatic carbocycles. The molecule has 1 fully saturated rings. The summed E-state index contributed by atoms with van der Waals surface area (Å²) in [6.07, 6.45) is 4.69. The Kier molecular flexibility index (Phi) is 10.8. The van der Waals surface area contributed by atoms with Crippen molar-refractivity contribution in [2.45, 2.75) is 51.1 Å². The van der Waals surface area contributed by atoms with E-state index in [1.54, 1.807) is 31.2 Å². The van der Waals surface area contributed by atoms with Gasteiger partial charge in [-0.2, -0.15) is 0 Å². The summed E-state index contributed by atoms with van der Waals surface area (Å²) in [5.41, 5.74) is 0.587. The summed E-state index contributed by atoms with van der Waals surface area (Å²) in [4.78, 5) is 41.8. The highest BCUT2D eigenvalue weighted by atomic mass is 32.2. The molecule has 13 heteroatoms. The van der Waals surface area contributed by atoms with Crippen LogP contribution < -0.4 is 25.0 Å². The molecule has 1 atom stereocenters. The zero-order valence-corrected chi connectivity index (χ0v) is 25.1. The molecule has 0 radical (unpaired) electrons. The second kappa shape index (κ2) is 14.7. The summed E-state index contributed by atoms with van der Waals surface area (Å²) in [5.74, 6) is -0.740. The lowest BCUT2D eigenvalue weighted by Gasteiger charge is -2.34. The standard InChI is InChI=1S/C30H36N4O8S/c1-18-11-26(33-42-18)32-27(37)16-43-17-28(38)34(21-13-22(40-2)15-23(14-21)41-3)29(19-9-10-24(35)25(36)12-19)30(39)31-20-7-5-4-6-8-20/h9-15,20,29,35-36H,4-8,16-17H2,1-3H3,(H,31,39)(H,32,33,37). The number of carbonyl (C=O) groups is 3. The summed E-state index contributed by atoms with van der Waals surface area (Å²) < 4.78 is 15.8. The molecule has 43 heavy (non-hydrogen) atoms. The van der Waals surface area contributed by atoms with E-state index in [0.717, 1.165) is 43.9 Å². The number of aryl methyl sites for hydroxylation is 1. The fourth-order valence-corrected chi connectivity index (χ4v) is 5.60. The average Bonchev–Trinajstić information content (AvgIpc) is 3.41. The smallest absolute Gasteiger partial charge is 0.248 e. The maximum absolute atomic E-state index is 14.0. The molecule has 1 aliphatic carbocycles. The number of carbonyl (C=O) groups excluding carboxylic acids is 3. The van der Waals surface area contributed by atoms with Gasteiger partial charge in [0.1, 0.15) is 23.3 Å². The topological polar surface area (TPSA) is 163 Å². The quantitative estimate of drug-likeness (QED) is 0.217. The number of aromatic hydroxyl groups is 2. The summed E-state index contributed by atoms with van der Waals surface area (Å²) in [6, 6.07) is 9.14. The molecular formula is C30H36N4O8S. The molecule has 4 rings (SSSR count). The first-order valence-corrected chi connectivity index (χ1v) is 15.0. The minimum absolute atomic E-state index is 0.0636. The fourth-order valence-electron chi connectivity index (χ4n) is 4.93. The number of nitrogens with zero attached hydrogens (tertiary/aromatic N) is 2. The summed E-state index contributed by atoms with van der Waals surface area (Å²) >= 11 is 1.06. The van der Waals surface area contributed by atoms with Gasteiger partial charge in [-0.25, -0.2) is 0 Å². The van der Waals surface area contributed by atoms with Crippen LogP contribution in [0.5, 0.6) is 23.0 Å². The van der Waals surface area contributed by atoms with Crippen LogP contribution in [0.1, 0.15) is 49.5 Å². The van der Waals surface area contributed by atoms with E-state index in [-0.39, 0.29) is 40.6 Å². The average molecular weight is 613 g/mol. The third-order valence-electron chi connectivity index (χ3n) is 7.01. The van der Waals surface area contributed by atoms with E-state index in [0.29, 0.717) is 22.9 Å². The van der Waals surface area contributed by atoms with E-state index >= 15 is 0 Å². The summed E-state index contributed by atoms with van der Waals surface area (Å²) in [7, 11) is 2.95. The van der Waals surface area contributed by atoms with E-state index in [9.17, 15) is 24.6 Å². The van der Waals surface area contributed by atoms with Crippen LogP contribution in [0.4, 0.5) is 11.5 Å². The third-order valence-corrected chi connectivity index (χ3v) is 7.93. The zero-order chi connectivity index (χ0) is 30.9. The van der Waals surface area contributed by atoms with E-state index in [1.807, 2.05) is 0 Å². The number of aromatic nitrogens is 1. The lowest BCUT2D eigenvalue weighted by molar-refractivity contribution is -0.126. The van der Waals surface area contributed by atoms with Crippen molar-refractivity contribution < 1.29 is 38.6 Å². The lowest BCUT2D eigenvalue weighted by Crippen LogP contribution is -2.48. The highest BCUT2D eigenvalue weighted by molar-refractivity contribution is 8.00. The first kappa shape index (κ1) is 31.5. The number of phenols is 2. The van der Waals surface area contributed by atoms with Gasteiger partial charge in [0.15, 0.2) is 17.3 Å². The van der Waals surface area contributed by atoms with E-state index in [1.165, 1.54) is 37.3 Å². The number of hydrogen-bond acceptors (Lipinski definition) is 10. The van der Waals surface area contributed by atoms with Gasteiger partial charge in [-0.3, -0.25) is 19.3 Å². The molecule has 1 aromatic heterocycles. The molecular weight excluding hydrogens is 576 g/mol. The molecule has 12 nitrogen and oxygen atoms in total. The van der Waals surface area contributed by atoms with Crippen molar-refractivity contribution in [2.75, 3.05) is 35.9 Å². The van der Waals surface area contributed by atoms with E-state index < -0.39 is 23.6 Å². The molecule has 0 bridgehead atoms. The number of methoxy groups -OCH3 is 2. The van der Waals surface area contributed by atoms with Gasteiger partial charge in [-0.1, -0.05) is 30.5 Å². The number of rotatable bonds is 12. The number of amides is 3. The largest absolute Gasteiger partial charge is 0.504 e. The zero-order valence-electron chi connectivity index (χ0n) is 24.3. The third kappa shape index (κ3) is 8.34. The molecule has 1 heterocycles. The van der Waals surface area contributed by atoms with Gasteiger partial charge >= 0.3 is 0 Å². The predicted octanol–water partition coefficient (Wildman–Crippen LogP) is 4.31. The van der Waals surface area contributed by atoms with Gasteiger partial charge in [0, 0.05) is 30.3 Å². The van der Waals surface area contributed by atoms with Crippen molar-refractivity contribution >= 4 is 41.0 Å². The number of benzene rings is 2. The fraction of sp³-hybridized carbons (Fsp3) is 0.400. The predicted molar refractivity (Wildman–Crippen MR) is 162 cm³/mol. The number of anilines is 2. The van der Waals surface area contributed by atoms with Crippen molar-refractivity contribution in [3.63, 3.8) is 0 Å². The van der Waals surface area contributed by atoms with Crippen LogP contribution in [-0.2, 0) is 14.4 Å². The Morgan fingerprint density at radius 2 is 1.70 bits per heavy atom. The number of phenolic OH excluding ortho intramolecular Hbond substituents is 2. The van der Waals surface area contributed by atoms with E-state index in [2.05, 4.69) is 15.8 Å². The Morgan fingerprint density at radius 1 is 1.00 bits per heavy atom. The molecule has 1 unspecified atom stereocenters. The molecule has 0 spiro atoms. The Balaban J connectivity index is 1.67. The number of hydrogen-bond donors (Lipinski definition) is 4. The molecule has 3 aromatic rings. The molecule has 1 aliphatic rings. The second-order valence-electron chi connectivity index (χ2n) is 10.2. The van der Waals surface area contributed by atoms with Crippen molar-refractivity contribution in [1.29, 1.82) is 0 Å². The van der Waals surface area contributed by atoms with Gasteiger partial charge in [0.25, 0.3) is 0 Å². The lowest BCUT2D eigenvalue weighted by atomic mass is 9.94. The van der Waals surface area contributed by atoms with Crippen molar-refractivity contribution in [1.82, 2.24) is 10.5 Å². The second-order valence-corrected chi connectivity index (χ2v) is 11.2. The number of thioether (sulfide) groups is 1. The number of nitrogens with one attached hydrogen (secondary N) is 2. The molecule has 4 N–H and O–H groups in total. The minimum Gasteiger partial charge on any atom is -0.504 e. The number of ether oxygens (including phenoxy) is 2. The Labute approximate surface area is 253 Å². The summed E-state index contributed by atoms with van der Waals surface area (Å²) in [6.45, 7) is 1.70. The van der Waals surface area contributed by atoms with Crippen LogP contribution in [0.3, 0.4) is 0 Å². The van der Waals surface area contributed by atoms with Crippen LogP contribution >= 0.6 is 11.8 Å². The van der Waals surface area contributed by atoms with Crippen LogP contribution in [0, 0.1) is 6.92 Å². The van der Waals surface area contributed by atoms with Crippen LogP contribution in [-0.4, -0.2) is 64.9 Å². The monoisotopic (exact) mass is 612 g/mol. The SMILES string of the molecule is COc1cc(OC)cc(N(C(=O)CSCC(=O)Nc2cc(C)on2)C(C(=O)NC2CCCCC2)c2ccc(O)c(O)c2)c1. The normalized spacial score (nSPS) is 14.0. The maximum Gasteiger partial charge on any atom is 0.248 e. The van der Waals surface area contributed by atoms with Gasteiger partial charge < -0.3 is 34.8 Å². The molecule has 1 saturated carbocycles. The highest BCUT2D eigenvalue weighted by Gasteiger charge is 2.35. The van der Waals surface area contributed by atoms with E-state index in [4.69, 9.17) is 14.0 Å². The Morgan fingerprint density at radius 3 is 2.30 bits per heavy atom. The van der Waals surface area contributed by atoms with Gasteiger partial charge in [0.05, 0.1) is 31.4 Å². The molecule has 0 aliphatic heterocycles. The summed E-state index contributed by atoms with van der Waals surface area (Å²) in [5, 5.41) is 29.8. The van der Waals surface area contributed by atoms with Crippen LogP contribution in [0.2, 0.25) is 0 Å². The first-order valence-electron chi connectivity index (χ1n) is 13.9. The van der Waals surface area contributed by atoms with Crippen LogP contribution in [0.25, 0.3) is 0 Å². The van der Waals surface area contributed by atoms with Gasteiger partial charge in [0.2, 0.25) is 17.7 Å². The van der Waals surface area contributed by atoms with Crippen LogP contribution in [0.15, 0.2) is 47.0 Å². The first-order chi connectivity index (χ1) is 20.7. The van der Waals surface area contributed by atoms with Gasteiger partial charge in [-0.15, -0.1) is 11.8 Å². The molecule has 3 amide bonds. The molecule has 230 valence electrons. The molecule has 0 saturated heterocycles. The highest BCUT2D eigenvalue weighted by Crippen LogP contribution is 2.37. The minimum atomic E-state index is -1.23. The Bertz CT molecular complexity index is 1420. The van der Waals surface area contributed by atoms with Crippen molar-refractivity contribution in [2.24, 2.45) is 0 Å². The van der Waals surface area contributed by atoms with Crippen molar-refractivity contribution in [3.05, 3.63) is 53.8 Å². The maximum atomic E-state index is 14.0. The van der Waals surface area contributed by atoms with Gasteiger partial charge in [-0.05, 0) is 37.5 Å².